The van der Waals surface area contributed by atoms with E-state index in [9.17, 15) is 9.18 Å². The summed E-state index contributed by atoms with van der Waals surface area (Å²) < 4.78 is 16.2. The Hall–Kier alpha value is -2.67. The third kappa shape index (κ3) is 5.08. The van der Waals surface area contributed by atoms with Crippen molar-refractivity contribution in [1.82, 2.24) is 20.1 Å². The number of halogens is 1. The topological polar surface area (TPSA) is 59.8 Å². The molecule has 1 amide bonds. The van der Waals surface area contributed by atoms with Crippen molar-refractivity contribution in [1.29, 1.82) is 0 Å². The lowest BCUT2D eigenvalue weighted by molar-refractivity contribution is -0.119. The van der Waals surface area contributed by atoms with Crippen LogP contribution in [-0.4, -0.2) is 32.5 Å². The van der Waals surface area contributed by atoms with Crippen LogP contribution in [0.5, 0.6) is 0 Å². The molecule has 1 aliphatic carbocycles. The second-order valence-corrected chi connectivity index (χ2v) is 8.61. The van der Waals surface area contributed by atoms with E-state index in [-0.39, 0.29) is 29.6 Å². The number of amides is 1. The van der Waals surface area contributed by atoms with E-state index < -0.39 is 0 Å². The maximum absolute atomic E-state index is 14.2. The van der Waals surface area contributed by atoms with Crippen molar-refractivity contribution in [2.45, 2.75) is 49.8 Å². The minimum atomic E-state index is -0.312. The summed E-state index contributed by atoms with van der Waals surface area (Å²) >= 11 is 1.36. The summed E-state index contributed by atoms with van der Waals surface area (Å²) in [7, 11) is 0. The van der Waals surface area contributed by atoms with Gasteiger partial charge >= 0.3 is 0 Å². The summed E-state index contributed by atoms with van der Waals surface area (Å²) in [5.41, 5.74) is 1.72. The van der Waals surface area contributed by atoms with Crippen LogP contribution in [0.4, 0.5) is 4.39 Å². The fourth-order valence-electron chi connectivity index (χ4n) is 3.41. The van der Waals surface area contributed by atoms with Gasteiger partial charge in [-0.2, -0.15) is 0 Å². The molecule has 156 valence electrons. The number of carbonyl (C=O) groups excluding carboxylic acids is 1. The Kier molecular flexibility index (Phi) is 6.47. The van der Waals surface area contributed by atoms with Crippen molar-refractivity contribution in [2.24, 2.45) is 0 Å². The Bertz CT molecular complexity index is 1000. The van der Waals surface area contributed by atoms with Gasteiger partial charge in [0.2, 0.25) is 5.91 Å². The Morgan fingerprint density at radius 3 is 2.63 bits per heavy atom. The van der Waals surface area contributed by atoms with Crippen molar-refractivity contribution < 1.29 is 9.18 Å². The van der Waals surface area contributed by atoms with Crippen LogP contribution in [0.15, 0.2) is 59.8 Å². The molecule has 1 fully saturated rings. The highest BCUT2D eigenvalue weighted by atomic mass is 32.2. The van der Waals surface area contributed by atoms with E-state index in [1.54, 1.807) is 18.2 Å². The van der Waals surface area contributed by atoms with E-state index >= 15 is 0 Å². The molecule has 1 aromatic heterocycles. The van der Waals surface area contributed by atoms with E-state index in [1.165, 1.54) is 23.4 Å². The van der Waals surface area contributed by atoms with Crippen molar-refractivity contribution in [3.8, 4) is 11.4 Å². The van der Waals surface area contributed by atoms with Crippen molar-refractivity contribution >= 4 is 17.7 Å². The molecule has 1 N–H and O–H groups in total. The monoisotopic (exact) mass is 424 g/mol. The number of rotatable bonds is 9. The first-order valence-electron chi connectivity index (χ1n) is 10.3. The number of benzene rings is 2. The molecule has 3 aromatic rings. The van der Waals surface area contributed by atoms with Crippen molar-refractivity contribution in [2.75, 3.05) is 5.75 Å². The maximum Gasteiger partial charge on any atom is 0.230 e. The average Bonchev–Trinajstić information content (AvgIpc) is 3.51. The van der Waals surface area contributed by atoms with Crippen LogP contribution in [0.2, 0.25) is 0 Å². The third-order valence-electron chi connectivity index (χ3n) is 5.14. The highest BCUT2D eigenvalue weighted by molar-refractivity contribution is 7.99. The van der Waals surface area contributed by atoms with Crippen LogP contribution < -0.4 is 5.32 Å². The summed E-state index contributed by atoms with van der Waals surface area (Å²) in [6, 6.07) is 17.2. The molecule has 1 aliphatic rings. The lowest BCUT2D eigenvalue weighted by Crippen LogP contribution is -2.34. The largest absolute Gasteiger partial charge is 0.353 e. The molecule has 0 bridgehead atoms. The second kappa shape index (κ2) is 9.43. The van der Waals surface area contributed by atoms with Gasteiger partial charge in [-0.1, -0.05) is 54.2 Å². The molecule has 7 heteroatoms. The lowest BCUT2D eigenvalue weighted by atomic mass is 10.1. The van der Waals surface area contributed by atoms with Crippen LogP contribution in [0.25, 0.3) is 11.4 Å². The van der Waals surface area contributed by atoms with Gasteiger partial charge in [0.05, 0.1) is 11.3 Å². The Morgan fingerprint density at radius 1 is 1.17 bits per heavy atom. The first-order valence-corrected chi connectivity index (χ1v) is 11.3. The quantitative estimate of drug-likeness (QED) is 0.508. The van der Waals surface area contributed by atoms with Crippen LogP contribution in [0.1, 0.15) is 37.8 Å². The molecule has 4 rings (SSSR count). The van der Waals surface area contributed by atoms with Gasteiger partial charge in [-0.3, -0.25) is 9.36 Å². The summed E-state index contributed by atoms with van der Waals surface area (Å²) in [6.45, 7) is 2.02. The van der Waals surface area contributed by atoms with Gasteiger partial charge in [-0.25, -0.2) is 4.39 Å². The van der Waals surface area contributed by atoms with Gasteiger partial charge in [0.25, 0.3) is 0 Å². The molecular formula is C23H25FN4OS. The smallest absolute Gasteiger partial charge is 0.230 e. The first-order chi connectivity index (χ1) is 14.6. The predicted molar refractivity (Wildman–Crippen MR) is 117 cm³/mol. The zero-order chi connectivity index (χ0) is 20.9. The zero-order valence-corrected chi connectivity index (χ0v) is 17.7. The number of hydrogen-bond donors (Lipinski definition) is 1. The van der Waals surface area contributed by atoms with E-state index in [0.717, 1.165) is 25.7 Å². The van der Waals surface area contributed by atoms with Gasteiger partial charge < -0.3 is 5.32 Å². The molecule has 1 saturated carbocycles. The molecule has 1 atom stereocenters. The Balaban J connectivity index is 1.34. The number of nitrogens with zero attached hydrogens (tertiary/aromatic N) is 3. The third-order valence-corrected chi connectivity index (χ3v) is 6.08. The van der Waals surface area contributed by atoms with Gasteiger partial charge in [-0.05, 0) is 50.3 Å². The standard InChI is InChI=1S/C23H25FN4OS/c1-16(11-12-17-7-3-2-4-8-17)25-21(29)15-30-23-27-26-22(28(23)18-13-14-18)19-9-5-6-10-20(19)24/h2-10,16,18H,11-15H2,1H3,(H,25,29). The van der Waals surface area contributed by atoms with Gasteiger partial charge in [0, 0.05) is 12.1 Å². The molecule has 0 radical (unpaired) electrons. The van der Waals surface area contributed by atoms with Crippen molar-refractivity contribution in [3.63, 3.8) is 0 Å². The highest BCUT2D eigenvalue weighted by Gasteiger charge is 2.31. The van der Waals surface area contributed by atoms with Gasteiger partial charge in [0.15, 0.2) is 11.0 Å². The van der Waals surface area contributed by atoms with E-state index in [1.807, 2.05) is 29.7 Å². The lowest BCUT2D eigenvalue weighted by Gasteiger charge is -2.14. The molecular weight excluding hydrogens is 399 g/mol. The molecule has 30 heavy (non-hydrogen) atoms. The number of thioether (sulfide) groups is 1. The summed E-state index contributed by atoms with van der Waals surface area (Å²) in [6.07, 6.45) is 3.86. The molecule has 1 unspecified atom stereocenters. The number of aromatic nitrogens is 3. The van der Waals surface area contributed by atoms with E-state index in [0.29, 0.717) is 16.5 Å². The highest BCUT2D eigenvalue weighted by Crippen LogP contribution is 2.41. The van der Waals surface area contributed by atoms with Crippen LogP contribution in [0.3, 0.4) is 0 Å². The van der Waals surface area contributed by atoms with Crippen LogP contribution in [0, 0.1) is 5.82 Å². The Morgan fingerprint density at radius 2 is 1.90 bits per heavy atom. The SMILES string of the molecule is CC(CCc1ccccc1)NC(=O)CSc1nnc(-c2ccccc2F)n1C1CC1. The average molecular weight is 425 g/mol. The van der Waals surface area contributed by atoms with E-state index in [2.05, 4.69) is 27.6 Å². The summed E-state index contributed by atoms with van der Waals surface area (Å²) in [5, 5.41) is 12.2. The predicted octanol–water partition coefficient (Wildman–Crippen LogP) is 4.65. The fourth-order valence-corrected chi connectivity index (χ4v) is 4.23. The molecule has 5 nitrogen and oxygen atoms in total. The number of carbonyl (C=O) groups is 1. The molecule has 0 spiro atoms. The normalized spacial score (nSPS) is 14.5. The van der Waals surface area contributed by atoms with Crippen LogP contribution in [-0.2, 0) is 11.2 Å². The molecule has 0 saturated heterocycles. The molecule has 1 heterocycles. The maximum atomic E-state index is 14.2. The number of nitrogens with one attached hydrogen (secondary N) is 1. The van der Waals surface area contributed by atoms with Crippen LogP contribution >= 0.6 is 11.8 Å². The van der Waals surface area contributed by atoms with Gasteiger partial charge in [0.1, 0.15) is 5.82 Å². The Labute approximate surface area is 180 Å². The summed E-state index contributed by atoms with van der Waals surface area (Å²) in [5.74, 6) is 0.457. The minimum Gasteiger partial charge on any atom is -0.353 e. The van der Waals surface area contributed by atoms with Crippen molar-refractivity contribution in [3.05, 3.63) is 66.0 Å². The van der Waals surface area contributed by atoms with E-state index in [4.69, 9.17) is 0 Å². The summed E-state index contributed by atoms with van der Waals surface area (Å²) in [4.78, 5) is 12.4. The zero-order valence-electron chi connectivity index (χ0n) is 16.9. The second-order valence-electron chi connectivity index (χ2n) is 7.67. The first kappa shape index (κ1) is 20.6. The molecule has 0 aliphatic heterocycles. The number of aryl methyl sites for hydroxylation is 1. The fraction of sp³-hybridized carbons (Fsp3) is 0.348. The van der Waals surface area contributed by atoms with Gasteiger partial charge in [-0.15, -0.1) is 10.2 Å². The molecule has 2 aromatic carbocycles. The number of hydrogen-bond acceptors (Lipinski definition) is 4. The minimum absolute atomic E-state index is 0.0293.